The summed E-state index contributed by atoms with van der Waals surface area (Å²) in [4.78, 5) is 34.8. The number of hydrogen-bond acceptors (Lipinski definition) is 3. The number of benzene rings is 2. The fourth-order valence-electron chi connectivity index (χ4n) is 6.22. The van der Waals surface area contributed by atoms with Crippen molar-refractivity contribution in [2.24, 2.45) is 11.3 Å². The average molecular weight is 501 g/mol. The van der Waals surface area contributed by atoms with Gasteiger partial charge < -0.3 is 20.1 Å². The summed E-state index contributed by atoms with van der Waals surface area (Å²) in [5.74, 6) is 0.505. The Balaban J connectivity index is 1.33. The first kappa shape index (κ1) is 25.4. The Morgan fingerprint density at radius 3 is 2.32 bits per heavy atom. The molecule has 0 saturated heterocycles. The van der Waals surface area contributed by atoms with Crippen molar-refractivity contribution in [3.63, 3.8) is 0 Å². The standard InChI is InChI=1S/C31H40N4O2/c1-19-27(23-10-8-9-11-25(23)32-19)28-24(30(28,2)3)18-26(36)35(22-16-17-22)31(4,5)29(37)33-20-12-14-21(15-13-20)34(6)7/h8-15,22,24,28,32H,16-18H2,1-7H3,(H,33,37)/t24-,28+/m0/s1. The Bertz CT molecular complexity index is 1330. The number of nitrogens with zero attached hydrogens (tertiary/aromatic N) is 2. The predicted molar refractivity (Wildman–Crippen MR) is 151 cm³/mol. The van der Waals surface area contributed by atoms with Crippen LogP contribution in [-0.2, 0) is 9.59 Å². The van der Waals surface area contributed by atoms with Crippen molar-refractivity contribution >= 4 is 34.1 Å². The number of rotatable bonds is 8. The quantitative estimate of drug-likeness (QED) is 0.394. The Hall–Kier alpha value is -3.28. The third-order valence-corrected chi connectivity index (χ3v) is 8.68. The number of aromatic nitrogens is 1. The van der Waals surface area contributed by atoms with Gasteiger partial charge in [0.1, 0.15) is 5.54 Å². The first-order valence-corrected chi connectivity index (χ1v) is 13.4. The average Bonchev–Trinajstić information content (AvgIpc) is 3.71. The molecule has 3 aromatic rings. The van der Waals surface area contributed by atoms with Gasteiger partial charge in [0.25, 0.3) is 0 Å². The van der Waals surface area contributed by atoms with Gasteiger partial charge in [0, 0.05) is 54.5 Å². The number of hydrogen-bond donors (Lipinski definition) is 2. The molecule has 6 nitrogen and oxygen atoms in total. The minimum Gasteiger partial charge on any atom is -0.378 e. The van der Waals surface area contributed by atoms with Gasteiger partial charge in [-0.2, -0.15) is 0 Å². The Morgan fingerprint density at radius 2 is 1.70 bits per heavy atom. The topological polar surface area (TPSA) is 68.4 Å². The lowest BCUT2D eigenvalue weighted by Gasteiger charge is -2.38. The van der Waals surface area contributed by atoms with Gasteiger partial charge in [-0.1, -0.05) is 32.0 Å². The number of fused-ring (bicyclic) bond motifs is 1. The molecule has 0 bridgehead atoms. The number of carbonyl (C=O) groups is 2. The molecule has 2 aliphatic carbocycles. The zero-order valence-corrected chi connectivity index (χ0v) is 23.2. The van der Waals surface area contributed by atoms with Crippen molar-refractivity contribution in [2.75, 3.05) is 24.3 Å². The van der Waals surface area contributed by atoms with Crippen LogP contribution in [0.15, 0.2) is 48.5 Å². The fourth-order valence-corrected chi connectivity index (χ4v) is 6.22. The van der Waals surface area contributed by atoms with Crippen LogP contribution >= 0.6 is 0 Å². The molecule has 1 aromatic heterocycles. The summed E-state index contributed by atoms with van der Waals surface area (Å²) in [6, 6.07) is 16.3. The molecule has 196 valence electrons. The second-order valence-electron chi connectivity index (χ2n) is 12.3. The summed E-state index contributed by atoms with van der Waals surface area (Å²) >= 11 is 0. The molecule has 2 aromatic carbocycles. The highest BCUT2D eigenvalue weighted by Gasteiger charge is 2.60. The maximum absolute atomic E-state index is 13.9. The molecule has 5 rings (SSSR count). The SMILES string of the molecule is Cc1[nH]c2ccccc2c1[C@H]1[C@H](CC(=O)N(C2CC2)C(C)(C)C(=O)Nc2ccc(N(C)C)cc2)C1(C)C. The largest absolute Gasteiger partial charge is 0.378 e. The lowest BCUT2D eigenvalue weighted by Crippen LogP contribution is -2.56. The van der Waals surface area contributed by atoms with Crippen LogP contribution in [0.25, 0.3) is 10.9 Å². The normalized spacial score (nSPS) is 20.5. The van der Waals surface area contributed by atoms with E-state index in [4.69, 9.17) is 0 Å². The van der Waals surface area contributed by atoms with Crippen LogP contribution < -0.4 is 10.2 Å². The Labute approximate surface area is 220 Å². The molecule has 2 atom stereocenters. The molecule has 0 unspecified atom stereocenters. The van der Waals surface area contributed by atoms with Crippen LogP contribution in [0.5, 0.6) is 0 Å². The monoisotopic (exact) mass is 500 g/mol. The van der Waals surface area contributed by atoms with E-state index in [-0.39, 0.29) is 29.2 Å². The van der Waals surface area contributed by atoms with E-state index in [0.29, 0.717) is 12.3 Å². The summed E-state index contributed by atoms with van der Waals surface area (Å²) in [6.07, 6.45) is 2.37. The fraction of sp³-hybridized carbons (Fsp3) is 0.484. The maximum Gasteiger partial charge on any atom is 0.249 e. The second-order valence-corrected chi connectivity index (χ2v) is 12.3. The van der Waals surface area contributed by atoms with Gasteiger partial charge in [0.05, 0.1) is 0 Å². The number of nitrogens with one attached hydrogen (secondary N) is 2. The van der Waals surface area contributed by atoms with Gasteiger partial charge in [0.2, 0.25) is 11.8 Å². The van der Waals surface area contributed by atoms with Crippen molar-refractivity contribution in [2.45, 2.75) is 71.4 Å². The van der Waals surface area contributed by atoms with Gasteiger partial charge >= 0.3 is 0 Å². The zero-order chi connectivity index (χ0) is 26.7. The van der Waals surface area contributed by atoms with Gasteiger partial charge in [-0.05, 0) is 86.8 Å². The van der Waals surface area contributed by atoms with E-state index in [1.54, 1.807) is 0 Å². The molecular formula is C31H40N4O2. The van der Waals surface area contributed by atoms with E-state index in [1.165, 1.54) is 16.6 Å². The van der Waals surface area contributed by atoms with E-state index in [9.17, 15) is 9.59 Å². The number of aryl methyl sites for hydroxylation is 1. The molecule has 2 saturated carbocycles. The number of anilines is 2. The smallest absolute Gasteiger partial charge is 0.249 e. The molecule has 0 radical (unpaired) electrons. The molecular weight excluding hydrogens is 460 g/mol. The molecule has 1 heterocycles. The highest BCUT2D eigenvalue weighted by atomic mass is 16.2. The first-order valence-electron chi connectivity index (χ1n) is 13.4. The van der Waals surface area contributed by atoms with Crippen molar-refractivity contribution in [3.8, 4) is 0 Å². The zero-order valence-electron chi connectivity index (χ0n) is 23.2. The number of carbonyl (C=O) groups excluding carboxylic acids is 2. The van der Waals surface area contributed by atoms with Crippen molar-refractivity contribution in [1.82, 2.24) is 9.88 Å². The molecule has 2 aliphatic rings. The lowest BCUT2D eigenvalue weighted by atomic mass is 9.98. The number of para-hydroxylation sites is 1. The molecule has 2 fully saturated rings. The highest BCUT2D eigenvalue weighted by molar-refractivity contribution is 6.00. The van der Waals surface area contributed by atoms with Crippen molar-refractivity contribution < 1.29 is 9.59 Å². The van der Waals surface area contributed by atoms with E-state index in [0.717, 1.165) is 29.7 Å². The van der Waals surface area contributed by atoms with Crippen LogP contribution in [-0.4, -0.2) is 47.4 Å². The summed E-state index contributed by atoms with van der Waals surface area (Å²) in [6.45, 7) is 10.4. The molecule has 37 heavy (non-hydrogen) atoms. The van der Waals surface area contributed by atoms with Crippen molar-refractivity contribution in [3.05, 3.63) is 59.8 Å². The number of H-pyrrole nitrogens is 1. The summed E-state index contributed by atoms with van der Waals surface area (Å²) < 4.78 is 0. The van der Waals surface area contributed by atoms with Gasteiger partial charge in [0.15, 0.2) is 0 Å². The van der Waals surface area contributed by atoms with Crippen molar-refractivity contribution in [1.29, 1.82) is 0 Å². The van der Waals surface area contributed by atoms with Crippen LogP contribution in [0.3, 0.4) is 0 Å². The van der Waals surface area contributed by atoms with E-state index in [2.05, 4.69) is 55.3 Å². The van der Waals surface area contributed by atoms with Gasteiger partial charge in [-0.25, -0.2) is 0 Å². The molecule has 0 spiro atoms. The number of amides is 2. The number of aromatic amines is 1. The van der Waals surface area contributed by atoms with Crippen LogP contribution in [0.2, 0.25) is 0 Å². The molecule has 6 heteroatoms. The third-order valence-electron chi connectivity index (χ3n) is 8.68. The summed E-state index contributed by atoms with van der Waals surface area (Å²) in [5, 5.41) is 4.31. The molecule has 2 amide bonds. The van der Waals surface area contributed by atoms with Crippen LogP contribution in [0.1, 0.15) is 64.1 Å². The van der Waals surface area contributed by atoms with Gasteiger partial charge in [-0.3, -0.25) is 9.59 Å². The second kappa shape index (κ2) is 8.93. The first-order chi connectivity index (χ1) is 17.4. The Kier molecular flexibility index (Phi) is 6.12. The lowest BCUT2D eigenvalue weighted by molar-refractivity contribution is -0.144. The minimum absolute atomic E-state index is 0.0290. The van der Waals surface area contributed by atoms with E-state index >= 15 is 0 Å². The Morgan fingerprint density at radius 1 is 1.05 bits per heavy atom. The minimum atomic E-state index is -0.941. The predicted octanol–water partition coefficient (Wildman–Crippen LogP) is 6.08. The summed E-state index contributed by atoms with van der Waals surface area (Å²) in [5.41, 5.74) is 4.58. The highest BCUT2D eigenvalue weighted by Crippen LogP contribution is 2.67. The van der Waals surface area contributed by atoms with E-state index in [1.807, 2.05) is 62.0 Å². The van der Waals surface area contributed by atoms with Gasteiger partial charge in [-0.15, -0.1) is 0 Å². The summed E-state index contributed by atoms with van der Waals surface area (Å²) in [7, 11) is 3.97. The maximum atomic E-state index is 13.9. The van der Waals surface area contributed by atoms with E-state index < -0.39 is 5.54 Å². The third kappa shape index (κ3) is 4.51. The molecule has 0 aliphatic heterocycles. The van der Waals surface area contributed by atoms with Crippen LogP contribution in [0.4, 0.5) is 11.4 Å². The molecule has 2 N–H and O–H groups in total. The van der Waals surface area contributed by atoms with Crippen LogP contribution in [0, 0.1) is 18.3 Å².